The van der Waals surface area contributed by atoms with Gasteiger partial charge in [-0.05, 0) is 111 Å². The molecule has 0 atom stereocenters. The van der Waals surface area contributed by atoms with Crippen LogP contribution >= 0.6 is 0 Å². The van der Waals surface area contributed by atoms with Crippen LogP contribution in [0.5, 0.6) is 0 Å². The fraction of sp³-hybridized carbons (Fsp3) is 0.308. The summed E-state index contributed by atoms with van der Waals surface area (Å²) in [6, 6.07) is 36.0. The summed E-state index contributed by atoms with van der Waals surface area (Å²) in [5.74, 6) is 0.715. The summed E-state index contributed by atoms with van der Waals surface area (Å²) in [6.07, 6.45) is 7.22. The minimum absolute atomic E-state index is 0.0502. The highest BCUT2D eigenvalue weighted by Gasteiger charge is 2.27. The lowest BCUT2D eigenvalue weighted by Gasteiger charge is -2.34. The average Bonchev–Trinajstić information content (AvgIpc) is 2.96. The molecule has 0 radical (unpaired) electrons. The molecular weight excluding hydrogens is 482 g/mol. The van der Waals surface area contributed by atoms with Gasteiger partial charge in [-0.15, -0.1) is 0 Å². The lowest BCUT2D eigenvalue weighted by atomic mass is 9.71. The smallest absolute Gasteiger partial charge is 0.0708 e. The summed E-state index contributed by atoms with van der Waals surface area (Å²) >= 11 is 0. The van der Waals surface area contributed by atoms with Crippen LogP contribution in [0.25, 0.3) is 44.3 Å². The Labute approximate surface area is 240 Å². The number of fused-ring (bicyclic) bond motifs is 1. The summed E-state index contributed by atoms with van der Waals surface area (Å²) in [7, 11) is 0. The Hall–Kier alpha value is -3.71. The molecule has 1 nitrogen and oxygen atoms in total. The molecule has 0 N–H and O–H groups in total. The zero-order chi connectivity index (χ0) is 27.9. The van der Waals surface area contributed by atoms with Crippen LogP contribution in [-0.4, -0.2) is 4.98 Å². The third kappa shape index (κ3) is 5.48. The summed E-state index contributed by atoms with van der Waals surface area (Å²) < 4.78 is 0. The predicted octanol–water partition coefficient (Wildman–Crippen LogP) is 11.2. The zero-order valence-corrected chi connectivity index (χ0v) is 24.7. The monoisotopic (exact) mass is 523 g/mol. The Morgan fingerprint density at radius 1 is 0.650 bits per heavy atom. The maximum Gasteiger partial charge on any atom is 0.0708 e. The molecule has 202 valence electrons. The topological polar surface area (TPSA) is 12.9 Å². The highest BCUT2D eigenvalue weighted by molar-refractivity contribution is 5.91. The van der Waals surface area contributed by atoms with Crippen molar-refractivity contribution in [3.8, 4) is 33.5 Å². The zero-order valence-electron chi connectivity index (χ0n) is 24.7. The van der Waals surface area contributed by atoms with Gasteiger partial charge in [-0.25, -0.2) is 0 Å². The summed E-state index contributed by atoms with van der Waals surface area (Å²) in [6.45, 7) is 11.7. The number of hydrogen-bond acceptors (Lipinski definition) is 1. The molecule has 0 bridgehead atoms. The molecule has 1 heterocycles. The molecule has 0 spiro atoms. The first kappa shape index (κ1) is 26.5. The van der Waals surface area contributed by atoms with E-state index in [1.807, 2.05) is 6.20 Å². The van der Waals surface area contributed by atoms with Crippen LogP contribution in [0.15, 0.2) is 103 Å². The van der Waals surface area contributed by atoms with Crippen LogP contribution in [0.4, 0.5) is 0 Å². The van der Waals surface area contributed by atoms with Crippen molar-refractivity contribution >= 4 is 10.8 Å². The lowest BCUT2D eigenvalue weighted by molar-refractivity contribution is 0.224. The molecule has 40 heavy (non-hydrogen) atoms. The summed E-state index contributed by atoms with van der Waals surface area (Å²) in [4.78, 5) is 4.78. The van der Waals surface area contributed by atoms with Gasteiger partial charge >= 0.3 is 0 Å². The van der Waals surface area contributed by atoms with Gasteiger partial charge in [0, 0.05) is 11.8 Å². The Kier molecular flexibility index (Phi) is 6.87. The maximum atomic E-state index is 4.78. The van der Waals surface area contributed by atoms with E-state index in [9.17, 15) is 0 Å². The first-order valence-electron chi connectivity index (χ1n) is 14.9. The standard InChI is InChI=1S/C39H41N/c1-38(2,3)36-25-34(24-33-8-6-7-9-35(33)36)37-26-32(20-23-40-37)30-16-14-28(15-17-30)27-10-12-29(13-11-27)31-18-21-39(4,5)22-19-31/h6-17,20,23-26,31H,18-19,21-22H2,1-5H3. The molecule has 0 unspecified atom stereocenters. The quantitative estimate of drug-likeness (QED) is 0.228. The van der Waals surface area contributed by atoms with E-state index >= 15 is 0 Å². The van der Waals surface area contributed by atoms with Crippen molar-refractivity contribution in [2.45, 2.75) is 71.6 Å². The molecule has 0 amide bonds. The Bertz CT molecular complexity index is 1620. The summed E-state index contributed by atoms with van der Waals surface area (Å²) in [5.41, 5.74) is 10.6. The van der Waals surface area contributed by atoms with Crippen molar-refractivity contribution < 1.29 is 0 Å². The van der Waals surface area contributed by atoms with Crippen LogP contribution in [-0.2, 0) is 5.41 Å². The van der Waals surface area contributed by atoms with Gasteiger partial charge in [-0.2, -0.15) is 0 Å². The third-order valence-electron chi connectivity index (χ3n) is 9.00. The molecule has 0 saturated heterocycles. The molecule has 1 aliphatic rings. The third-order valence-corrected chi connectivity index (χ3v) is 9.00. The van der Waals surface area contributed by atoms with Crippen molar-refractivity contribution in [3.63, 3.8) is 0 Å². The van der Waals surface area contributed by atoms with Crippen LogP contribution in [0.1, 0.15) is 77.3 Å². The first-order valence-corrected chi connectivity index (χ1v) is 14.9. The van der Waals surface area contributed by atoms with E-state index < -0.39 is 0 Å². The van der Waals surface area contributed by atoms with Crippen molar-refractivity contribution in [3.05, 3.63) is 114 Å². The van der Waals surface area contributed by atoms with E-state index in [1.165, 1.54) is 75.4 Å². The van der Waals surface area contributed by atoms with Gasteiger partial charge < -0.3 is 0 Å². The van der Waals surface area contributed by atoms with Crippen molar-refractivity contribution in [1.29, 1.82) is 0 Å². The number of hydrogen-bond donors (Lipinski definition) is 0. The maximum absolute atomic E-state index is 4.78. The SMILES string of the molecule is CC1(C)CCC(c2ccc(-c3ccc(-c4ccnc(-c5cc(C(C)(C)C)c6ccccc6c5)c4)cc3)cc2)CC1. The number of nitrogens with zero attached hydrogens (tertiary/aromatic N) is 1. The lowest BCUT2D eigenvalue weighted by Crippen LogP contribution is -2.20. The number of rotatable bonds is 4. The van der Waals surface area contributed by atoms with Crippen LogP contribution < -0.4 is 0 Å². The van der Waals surface area contributed by atoms with Gasteiger partial charge in [-0.1, -0.05) is 107 Å². The molecule has 6 rings (SSSR count). The second-order valence-corrected chi connectivity index (χ2v) is 13.6. The predicted molar refractivity (Wildman–Crippen MR) is 172 cm³/mol. The molecule has 1 heteroatoms. The molecule has 1 fully saturated rings. The highest BCUT2D eigenvalue weighted by Crippen LogP contribution is 2.42. The molecule has 5 aromatic rings. The Morgan fingerprint density at radius 3 is 1.90 bits per heavy atom. The van der Waals surface area contributed by atoms with Crippen molar-refractivity contribution in [2.24, 2.45) is 5.41 Å². The van der Waals surface area contributed by atoms with Crippen molar-refractivity contribution in [2.75, 3.05) is 0 Å². The van der Waals surface area contributed by atoms with Gasteiger partial charge in [0.15, 0.2) is 0 Å². The molecule has 1 saturated carbocycles. The number of benzene rings is 4. The first-order chi connectivity index (χ1) is 19.2. The second-order valence-electron chi connectivity index (χ2n) is 13.6. The van der Waals surface area contributed by atoms with Gasteiger partial charge in [-0.3, -0.25) is 4.98 Å². The molecule has 0 aliphatic heterocycles. The highest BCUT2D eigenvalue weighted by atomic mass is 14.7. The van der Waals surface area contributed by atoms with Gasteiger partial charge in [0.1, 0.15) is 0 Å². The van der Waals surface area contributed by atoms with E-state index in [4.69, 9.17) is 4.98 Å². The van der Waals surface area contributed by atoms with Gasteiger partial charge in [0.25, 0.3) is 0 Å². The summed E-state index contributed by atoms with van der Waals surface area (Å²) in [5, 5.41) is 2.58. The average molecular weight is 524 g/mol. The minimum Gasteiger partial charge on any atom is -0.256 e. The molecule has 1 aliphatic carbocycles. The van der Waals surface area contributed by atoms with E-state index in [0.29, 0.717) is 11.3 Å². The van der Waals surface area contributed by atoms with E-state index in [0.717, 1.165) is 5.69 Å². The Balaban J connectivity index is 1.24. The van der Waals surface area contributed by atoms with Crippen LogP contribution in [0.3, 0.4) is 0 Å². The van der Waals surface area contributed by atoms with Crippen LogP contribution in [0.2, 0.25) is 0 Å². The number of aromatic nitrogens is 1. The molecule has 1 aromatic heterocycles. The van der Waals surface area contributed by atoms with Gasteiger partial charge in [0.2, 0.25) is 0 Å². The fourth-order valence-electron chi connectivity index (χ4n) is 6.38. The van der Waals surface area contributed by atoms with E-state index in [2.05, 4.69) is 132 Å². The minimum atomic E-state index is 0.0502. The fourth-order valence-corrected chi connectivity index (χ4v) is 6.38. The van der Waals surface area contributed by atoms with Gasteiger partial charge in [0.05, 0.1) is 5.69 Å². The molecular formula is C39H41N. The molecule has 4 aromatic carbocycles. The van der Waals surface area contributed by atoms with E-state index in [1.54, 1.807) is 0 Å². The van der Waals surface area contributed by atoms with Crippen molar-refractivity contribution in [1.82, 2.24) is 4.98 Å². The largest absolute Gasteiger partial charge is 0.256 e. The second kappa shape index (κ2) is 10.4. The van der Waals surface area contributed by atoms with E-state index in [-0.39, 0.29) is 5.41 Å². The van der Waals surface area contributed by atoms with Crippen LogP contribution in [0, 0.1) is 5.41 Å². The normalized spacial score (nSPS) is 15.8. The Morgan fingerprint density at radius 2 is 1.25 bits per heavy atom. The number of pyridine rings is 1.